The fraction of sp³-hybridized carbons (Fsp3) is 0.111. The number of Topliss-reactive ketones (excluding diaryl/α,β-unsaturated/α-hetero) is 1. The highest BCUT2D eigenvalue weighted by molar-refractivity contribution is 6.31. The smallest absolute Gasteiger partial charge is 0.164 e. The van der Waals surface area contributed by atoms with Gasteiger partial charge in [-0.25, -0.2) is 0 Å². The summed E-state index contributed by atoms with van der Waals surface area (Å²) in [6, 6.07) is 4.37. The van der Waals surface area contributed by atoms with E-state index in [9.17, 15) is 9.90 Å². The summed E-state index contributed by atoms with van der Waals surface area (Å²) in [7, 11) is 0. The Kier molecular flexibility index (Phi) is 2.54. The minimum absolute atomic E-state index is 0.0203. The van der Waals surface area contributed by atoms with Gasteiger partial charge < -0.3 is 5.11 Å². The van der Waals surface area contributed by atoms with Crippen LogP contribution in [0.15, 0.2) is 12.1 Å². The number of hydrogen-bond acceptors (Lipinski definition) is 3. The Labute approximate surface area is 80.2 Å². The SMILES string of the molecule is CC(=O)c1c(O)cc(Cl)cc1C#N. The third-order valence-corrected chi connectivity index (χ3v) is 1.77. The fourth-order valence-electron chi connectivity index (χ4n) is 1.05. The average Bonchev–Trinajstić information content (AvgIpc) is 2.01. The van der Waals surface area contributed by atoms with E-state index < -0.39 is 0 Å². The number of rotatable bonds is 1. The maximum atomic E-state index is 11.0. The van der Waals surface area contributed by atoms with Crippen LogP contribution in [0.4, 0.5) is 0 Å². The molecule has 1 rings (SSSR count). The molecular formula is C9H6ClNO2. The van der Waals surface area contributed by atoms with Crippen LogP contribution in [0.3, 0.4) is 0 Å². The predicted molar refractivity (Wildman–Crippen MR) is 47.8 cm³/mol. The summed E-state index contributed by atoms with van der Waals surface area (Å²) in [5, 5.41) is 18.2. The van der Waals surface area contributed by atoms with Crippen molar-refractivity contribution >= 4 is 17.4 Å². The fourth-order valence-corrected chi connectivity index (χ4v) is 1.26. The Bertz CT molecular complexity index is 407. The van der Waals surface area contributed by atoms with Crippen molar-refractivity contribution in [1.29, 1.82) is 5.26 Å². The Hall–Kier alpha value is -1.53. The quantitative estimate of drug-likeness (QED) is 0.699. The van der Waals surface area contributed by atoms with Crippen molar-refractivity contribution in [2.24, 2.45) is 0 Å². The van der Waals surface area contributed by atoms with Crippen LogP contribution >= 0.6 is 11.6 Å². The molecule has 0 saturated heterocycles. The van der Waals surface area contributed by atoms with Crippen LogP contribution in [-0.4, -0.2) is 10.9 Å². The molecule has 0 saturated carbocycles. The standard InChI is InChI=1S/C9H6ClNO2/c1-5(12)9-6(4-11)2-7(10)3-8(9)13/h2-3,13H,1H3. The van der Waals surface area contributed by atoms with Crippen molar-refractivity contribution in [2.75, 3.05) is 0 Å². The summed E-state index contributed by atoms with van der Waals surface area (Å²) in [5.41, 5.74) is 0.115. The van der Waals surface area contributed by atoms with Gasteiger partial charge in [-0.05, 0) is 19.1 Å². The van der Waals surface area contributed by atoms with E-state index in [4.69, 9.17) is 16.9 Å². The van der Waals surface area contributed by atoms with Gasteiger partial charge in [-0.3, -0.25) is 4.79 Å². The molecule has 0 amide bonds. The van der Waals surface area contributed by atoms with E-state index in [0.29, 0.717) is 0 Å². The van der Waals surface area contributed by atoms with E-state index in [1.807, 2.05) is 0 Å². The summed E-state index contributed by atoms with van der Waals surface area (Å²) in [6.07, 6.45) is 0. The van der Waals surface area contributed by atoms with Gasteiger partial charge in [-0.2, -0.15) is 5.26 Å². The molecule has 0 heterocycles. The molecule has 0 aliphatic carbocycles. The summed E-state index contributed by atoms with van der Waals surface area (Å²) in [4.78, 5) is 11.0. The summed E-state index contributed by atoms with van der Waals surface area (Å²) < 4.78 is 0. The van der Waals surface area contributed by atoms with Gasteiger partial charge in [0.2, 0.25) is 0 Å². The third kappa shape index (κ3) is 1.79. The molecule has 13 heavy (non-hydrogen) atoms. The summed E-state index contributed by atoms with van der Waals surface area (Å²) in [5.74, 6) is -0.609. The highest BCUT2D eigenvalue weighted by Gasteiger charge is 2.13. The highest BCUT2D eigenvalue weighted by Crippen LogP contribution is 2.26. The first kappa shape index (κ1) is 9.56. The second-order valence-corrected chi connectivity index (χ2v) is 2.95. The largest absolute Gasteiger partial charge is 0.507 e. The maximum absolute atomic E-state index is 11.0. The molecular weight excluding hydrogens is 190 g/mol. The van der Waals surface area contributed by atoms with Gasteiger partial charge in [0.1, 0.15) is 11.8 Å². The van der Waals surface area contributed by atoms with Crippen LogP contribution in [0.25, 0.3) is 0 Å². The number of halogens is 1. The molecule has 0 aromatic heterocycles. The minimum atomic E-state index is -0.356. The lowest BCUT2D eigenvalue weighted by Crippen LogP contribution is -1.97. The second-order valence-electron chi connectivity index (χ2n) is 2.52. The van der Waals surface area contributed by atoms with Crippen molar-refractivity contribution in [3.8, 4) is 11.8 Å². The van der Waals surface area contributed by atoms with Gasteiger partial charge in [0.25, 0.3) is 0 Å². The molecule has 1 aromatic carbocycles. The lowest BCUT2D eigenvalue weighted by Gasteiger charge is -2.02. The normalized spacial score (nSPS) is 9.31. The molecule has 0 aliphatic heterocycles. The molecule has 1 aromatic rings. The molecule has 0 radical (unpaired) electrons. The van der Waals surface area contributed by atoms with Crippen molar-refractivity contribution in [3.05, 3.63) is 28.3 Å². The molecule has 0 fully saturated rings. The molecule has 0 bridgehead atoms. The highest BCUT2D eigenvalue weighted by atomic mass is 35.5. The van der Waals surface area contributed by atoms with Crippen molar-refractivity contribution < 1.29 is 9.90 Å². The van der Waals surface area contributed by atoms with Crippen LogP contribution in [0, 0.1) is 11.3 Å². The molecule has 0 spiro atoms. The number of benzene rings is 1. The van der Waals surface area contributed by atoms with Crippen LogP contribution in [-0.2, 0) is 0 Å². The first-order valence-electron chi connectivity index (χ1n) is 3.50. The zero-order valence-electron chi connectivity index (χ0n) is 6.84. The van der Waals surface area contributed by atoms with E-state index >= 15 is 0 Å². The lowest BCUT2D eigenvalue weighted by atomic mass is 10.0. The van der Waals surface area contributed by atoms with Crippen molar-refractivity contribution in [1.82, 2.24) is 0 Å². The molecule has 3 nitrogen and oxygen atoms in total. The summed E-state index contributed by atoms with van der Waals surface area (Å²) >= 11 is 5.58. The number of nitriles is 1. The molecule has 4 heteroatoms. The summed E-state index contributed by atoms with van der Waals surface area (Å²) in [6.45, 7) is 1.28. The number of nitrogens with zero attached hydrogens (tertiary/aromatic N) is 1. The number of phenols is 1. The zero-order valence-corrected chi connectivity index (χ0v) is 7.59. The number of ketones is 1. The first-order chi connectivity index (χ1) is 6.06. The number of aromatic hydroxyl groups is 1. The number of carbonyl (C=O) groups excluding carboxylic acids is 1. The molecule has 66 valence electrons. The number of phenolic OH excluding ortho intramolecular Hbond substituents is 1. The third-order valence-electron chi connectivity index (χ3n) is 1.55. The Morgan fingerprint density at radius 2 is 2.23 bits per heavy atom. The monoisotopic (exact) mass is 195 g/mol. The van der Waals surface area contributed by atoms with Crippen molar-refractivity contribution in [3.63, 3.8) is 0 Å². The van der Waals surface area contributed by atoms with Gasteiger partial charge in [0, 0.05) is 5.02 Å². The van der Waals surface area contributed by atoms with E-state index in [-0.39, 0.29) is 27.7 Å². The predicted octanol–water partition coefficient (Wildman–Crippen LogP) is 2.12. The average molecular weight is 196 g/mol. The lowest BCUT2D eigenvalue weighted by molar-refractivity contribution is 0.101. The second kappa shape index (κ2) is 3.46. The number of hydrogen-bond donors (Lipinski definition) is 1. The van der Waals surface area contributed by atoms with Gasteiger partial charge in [0.15, 0.2) is 5.78 Å². The molecule has 0 unspecified atom stereocenters. The topological polar surface area (TPSA) is 61.1 Å². The van der Waals surface area contributed by atoms with Crippen LogP contribution in [0.2, 0.25) is 5.02 Å². The molecule has 0 atom stereocenters. The van der Waals surface area contributed by atoms with E-state index in [1.165, 1.54) is 19.1 Å². The van der Waals surface area contributed by atoms with Gasteiger partial charge >= 0.3 is 0 Å². The van der Waals surface area contributed by atoms with E-state index in [0.717, 1.165) is 0 Å². The van der Waals surface area contributed by atoms with Crippen LogP contribution in [0.5, 0.6) is 5.75 Å². The molecule has 0 aliphatic rings. The van der Waals surface area contributed by atoms with Gasteiger partial charge in [-0.15, -0.1) is 0 Å². The zero-order chi connectivity index (χ0) is 10.0. The van der Waals surface area contributed by atoms with E-state index in [2.05, 4.69) is 0 Å². The van der Waals surface area contributed by atoms with Gasteiger partial charge in [0.05, 0.1) is 11.1 Å². The van der Waals surface area contributed by atoms with Crippen LogP contribution in [0.1, 0.15) is 22.8 Å². The van der Waals surface area contributed by atoms with Crippen molar-refractivity contribution in [2.45, 2.75) is 6.92 Å². The maximum Gasteiger partial charge on any atom is 0.164 e. The first-order valence-corrected chi connectivity index (χ1v) is 3.87. The Morgan fingerprint density at radius 3 is 2.69 bits per heavy atom. The van der Waals surface area contributed by atoms with E-state index in [1.54, 1.807) is 6.07 Å². The Balaban J connectivity index is 3.50. The van der Waals surface area contributed by atoms with Gasteiger partial charge in [-0.1, -0.05) is 11.6 Å². The molecule has 1 N–H and O–H groups in total. The number of carbonyl (C=O) groups is 1. The minimum Gasteiger partial charge on any atom is -0.507 e. The Morgan fingerprint density at radius 1 is 1.62 bits per heavy atom. The van der Waals surface area contributed by atoms with Crippen LogP contribution < -0.4 is 0 Å².